The highest BCUT2D eigenvalue weighted by atomic mass is 19.1. The molecule has 0 fully saturated rings. The summed E-state index contributed by atoms with van der Waals surface area (Å²) in [6.07, 6.45) is 0.780. The number of halogens is 2. The number of hydrogen-bond acceptors (Lipinski definition) is 3. The molecule has 0 saturated heterocycles. The van der Waals surface area contributed by atoms with Crippen molar-refractivity contribution in [2.24, 2.45) is 0 Å². The van der Waals surface area contributed by atoms with Crippen molar-refractivity contribution in [2.75, 3.05) is 5.73 Å². The average molecular weight is 231 g/mol. The van der Waals surface area contributed by atoms with Gasteiger partial charge in [-0.25, -0.2) is 9.37 Å². The SMILES string of the molecule is N#Cc1cc(N)ccc1-c1cc(F)ncc1F. The molecule has 2 N–H and O–H groups in total. The number of nitrogen functional groups attached to an aromatic ring is 1. The van der Waals surface area contributed by atoms with Crippen LogP contribution in [0, 0.1) is 23.1 Å². The number of pyridine rings is 1. The lowest BCUT2D eigenvalue weighted by Crippen LogP contribution is -1.94. The van der Waals surface area contributed by atoms with Crippen LogP contribution in [-0.2, 0) is 0 Å². The van der Waals surface area contributed by atoms with Crippen LogP contribution in [0.2, 0.25) is 0 Å². The van der Waals surface area contributed by atoms with Gasteiger partial charge in [0.1, 0.15) is 5.82 Å². The summed E-state index contributed by atoms with van der Waals surface area (Å²) < 4.78 is 26.5. The molecule has 1 aromatic carbocycles. The lowest BCUT2D eigenvalue weighted by molar-refractivity contribution is 0.562. The number of aromatic nitrogens is 1. The second-order valence-corrected chi connectivity index (χ2v) is 3.40. The monoisotopic (exact) mass is 231 g/mol. The fourth-order valence-electron chi connectivity index (χ4n) is 1.51. The van der Waals surface area contributed by atoms with Crippen molar-refractivity contribution < 1.29 is 8.78 Å². The van der Waals surface area contributed by atoms with Crippen molar-refractivity contribution in [3.63, 3.8) is 0 Å². The molecule has 3 nitrogen and oxygen atoms in total. The Morgan fingerprint density at radius 1 is 1.18 bits per heavy atom. The van der Waals surface area contributed by atoms with E-state index in [4.69, 9.17) is 11.0 Å². The van der Waals surface area contributed by atoms with Crippen LogP contribution in [0.25, 0.3) is 11.1 Å². The lowest BCUT2D eigenvalue weighted by atomic mass is 10.0. The van der Waals surface area contributed by atoms with E-state index >= 15 is 0 Å². The number of rotatable bonds is 1. The van der Waals surface area contributed by atoms with Gasteiger partial charge in [0.2, 0.25) is 5.95 Å². The highest BCUT2D eigenvalue weighted by Crippen LogP contribution is 2.27. The van der Waals surface area contributed by atoms with E-state index in [1.807, 2.05) is 6.07 Å². The standard InChI is InChI=1S/C12H7F2N3/c13-11-6-17-12(14)4-10(11)9-2-1-8(16)3-7(9)5-15/h1-4,6H,16H2. The Hall–Kier alpha value is -2.48. The largest absolute Gasteiger partial charge is 0.399 e. The summed E-state index contributed by atoms with van der Waals surface area (Å²) in [7, 11) is 0. The predicted molar refractivity (Wildman–Crippen MR) is 58.7 cm³/mol. The van der Waals surface area contributed by atoms with Gasteiger partial charge in [-0.1, -0.05) is 6.07 Å². The van der Waals surface area contributed by atoms with Gasteiger partial charge < -0.3 is 5.73 Å². The maximum absolute atomic E-state index is 13.5. The second-order valence-electron chi connectivity index (χ2n) is 3.40. The summed E-state index contributed by atoms with van der Waals surface area (Å²) in [4.78, 5) is 3.19. The Morgan fingerprint density at radius 3 is 2.65 bits per heavy atom. The topological polar surface area (TPSA) is 62.7 Å². The molecule has 0 atom stereocenters. The molecule has 1 aromatic heterocycles. The third-order valence-corrected chi connectivity index (χ3v) is 2.28. The number of nitriles is 1. The first-order valence-electron chi connectivity index (χ1n) is 4.73. The number of benzene rings is 1. The molecule has 0 spiro atoms. The summed E-state index contributed by atoms with van der Waals surface area (Å²) in [5.41, 5.74) is 6.38. The Balaban J connectivity index is 2.69. The molecule has 0 unspecified atom stereocenters. The second kappa shape index (κ2) is 4.18. The quantitative estimate of drug-likeness (QED) is 0.605. The molecule has 1 heterocycles. The first-order valence-corrected chi connectivity index (χ1v) is 4.73. The van der Waals surface area contributed by atoms with Gasteiger partial charge in [0.05, 0.1) is 17.8 Å². The zero-order valence-corrected chi connectivity index (χ0v) is 8.61. The van der Waals surface area contributed by atoms with Crippen molar-refractivity contribution in [3.8, 4) is 17.2 Å². The number of anilines is 1. The van der Waals surface area contributed by atoms with E-state index in [-0.39, 0.29) is 11.1 Å². The van der Waals surface area contributed by atoms with Gasteiger partial charge >= 0.3 is 0 Å². The van der Waals surface area contributed by atoms with Crippen LogP contribution < -0.4 is 5.73 Å². The van der Waals surface area contributed by atoms with Crippen molar-refractivity contribution in [1.29, 1.82) is 5.26 Å². The molecule has 84 valence electrons. The van der Waals surface area contributed by atoms with E-state index in [9.17, 15) is 8.78 Å². The number of hydrogen-bond donors (Lipinski definition) is 1. The van der Waals surface area contributed by atoms with Gasteiger partial charge in [0, 0.05) is 22.9 Å². The third-order valence-electron chi connectivity index (χ3n) is 2.28. The average Bonchev–Trinajstić information content (AvgIpc) is 2.32. The third kappa shape index (κ3) is 2.06. The minimum Gasteiger partial charge on any atom is -0.399 e. The van der Waals surface area contributed by atoms with Crippen LogP contribution >= 0.6 is 0 Å². The van der Waals surface area contributed by atoms with E-state index in [1.165, 1.54) is 18.2 Å². The first kappa shape index (κ1) is 11.0. The zero-order chi connectivity index (χ0) is 12.4. The molecule has 0 amide bonds. The van der Waals surface area contributed by atoms with E-state index < -0.39 is 11.8 Å². The predicted octanol–water partition coefficient (Wildman–Crippen LogP) is 2.48. The summed E-state index contributed by atoms with van der Waals surface area (Å²) in [6.45, 7) is 0. The fraction of sp³-hybridized carbons (Fsp3) is 0. The molecular weight excluding hydrogens is 224 g/mol. The van der Waals surface area contributed by atoms with Gasteiger partial charge in [-0.15, -0.1) is 0 Å². The normalized spacial score (nSPS) is 9.94. The minimum atomic E-state index is -0.804. The molecule has 0 aliphatic carbocycles. The molecule has 2 aromatic rings. The maximum atomic E-state index is 13.5. The Morgan fingerprint density at radius 2 is 1.94 bits per heavy atom. The van der Waals surface area contributed by atoms with Crippen molar-refractivity contribution >= 4 is 5.69 Å². The van der Waals surface area contributed by atoms with Crippen molar-refractivity contribution in [2.45, 2.75) is 0 Å². The van der Waals surface area contributed by atoms with Crippen molar-refractivity contribution in [1.82, 2.24) is 4.98 Å². The minimum absolute atomic E-state index is 0.00551. The molecule has 0 saturated carbocycles. The highest BCUT2D eigenvalue weighted by molar-refractivity contribution is 5.73. The Labute approximate surface area is 96.1 Å². The van der Waals surface area contributed by atoms with Crippen LogP contribution in [0.3, 0.4) is 0 Å². The van der Waals surface area contributed by atoms with Gasteiger partial charge in [-0.05, 0) is 12.1 Å². The van der Waals surface area contributed by atoms with Crippen LogP contribution in [0.1, 0.15) is 5.56 Å². The highest BCUT2D eigenvalue weighted by Gasteiger charge is 2.11. The molecule has 0 aliphatic rings. The molecular formula is C12H7F2N3. The van der Waals surface area contributed by atoms with Crippen LogP contribution in [0.4, 0.5) is 14.5 Å². The smallest absolute Gasteiger partial charge is 0.213 e. The fourth-order valence-corrected chi connectivity index (χ4v) is 1.51. The summed E-state index contributed by atoms with van der Waals surface area (Å²) in [5, 5.41) is 8.93. The van der Waals surface area contributed by atoms with Crippen LogP contribution in [0.5, 0.6) is 0 Å². The zero-order valence-electron chi connectivity index (χ0n) is 8.61. The molecule has 17 heavy (non-hydrogen) atoms. The van der Waals surface area contributed by atoms with E-state index in [2.05, 4.69) is 4.98 Å². The van der Waals surface area contributed by atoms with Gasteiger partial charge in [-0.3, -0.25) is 0 Å². The van der Waals surface area contributed by atoms with Crippen LogP contribution in [-0.4, -0.2) is 4.98 Å². The number of nitrogens with two attached hydrogens (primary N) is 1. The van der Waals surface area contributed by atoms with Gasteiger partial charge in [0.25, 0.3) is 0 Å². The summed E-state index contributed by atoms with van der Waals surface area (Å²) >= 11 is 0. The van der Waals surface area contributed by atoms with Crippen molar-refractivity contribution in [3.05, 3.63) is 47.8 Å². The molecule has 5 heteroatoms. The summed E-state index contributed by atoms with van der Waals surface area (Å²) in [5.74, 6) is -1.49. The van der Waals surface area contributed by atoms with Crippen LogP contribution in [0.15, 0.2) is 30.5 Å². The molecule has 0 aliphatic heterocycles. The Kier molecular flexibility index (Phi) is 2.71. The van der Waals surface area contributed by atoms with Gasteiger partial charge in [-0.2, -0.15) is 9.65 Å². The maximum Gasteiger partial charge on any atom is 0.213 e. The molecule has 2 rings (SSSR count). The molecule has 0 radical (unpaired) electrons. The van der Waals surface area contributed by atoms with Gasteiger partial charge in [0.15, 0.2) is 0 Å². The first-order chi connectivity index (χ1) is 8.11. The number of nitrogens with zero attached hydrogens (tertiary/aromatic N) is 2. The van der Waals surface area contributed by atoms with E-state index in [0.717, 1.165) is 12.3 Å². The Bertz CT molecular complexity index is 618. The summed E-state index contributed by atoms with van der Waals surface area (Å²) in [6, 6.07) is 7.25. The van der Waals surface area contributed by atoms with E-state index in [1.54, 1.807) is 0 Å². The van der Waals surface area contributed by atoms with E-state index in [0.29, 0.717) is 11.3 Å². The molecule has 0 bridgehead atoms. The lowest BCUT2D eigenvalue weighted by Gasteiger charge is -2.06.